The van der Waals surface area contributed by atoms with Gasteiger partial charge in [0.1, 0.15) is 10.7 Å². The van der Waals surface area contributed by atoms with Crippen LogP contribution in [0.2, 0.25) is 0 Å². The lowest BCUT2D eigenvalue weighted by molar-refractivity contribution is 0.371. The second-order valence-electron chi connectivity index (χ2n) is 5.45. The zero-order valence-electron chi connectivity index (χ0n) is 12.8. The second kappa shape index (κ2) is 5.40. The monoisotopic (exact) mass is 325 g/mol. The van der Waals surface area contributed by atoms with E-state index in [1.165, 1.54) is 4.31 Å². The van der Waals surface area contributed by atoms with Crippen LogP contribution in [0.4, 0.5) is 5.82 Å². The van der Waals surface area contributed by atoms with E-state index in [0.717, 1.165) is 11.6 Å². The van der Waals surface area contributed by atoms with Gasteiger partial charge in [-0.25, -0.2) is 8.42 Å². The number of rotatable bonds is 3. The van der Waals surface area contributed by atoms with Gasteiger partial charge < -0.3 is 9.42 Å². The van der Waals surface area contributed by atoms with Gasteiger partial charge in [0.15, 0.2) is 5.82 Å². The van der Waals surface area contributed by atoms with Crippen molar-refractivity contribution in [2.24, 2.45) is 0 Å². The third kappa shape index (κ3) is 2.50. The summed E-state index contributed by atoms with van der Waals surface area (Å²) in [6, 6.07) is 1.86. The molecule has 1 aliphatic heterocycles. The predicted octanol–water partition coefficient (Wildman–Crippen LogP) is 0.834. The fourth-order valence-electron chi connectivity index (χ4n) is 2.71. The van der Waals surface area contributed by atoms with E-state index in [4.69, 9.17) is 4.52 Å². The van der Waals surface area contributed by atoms with Crippen LogP contribution >= 0.6 is 0 Å². The maximum Gasteiger partial charge on any atom is 0.246 e. The van der Waals surface area contributed by atoms with Crippen molar-refractivity contribution in [1.29, 1.82) is 0 Å². The molecule has 0 aliphatic carbocycles. The number of aromatic amines is 1. The predicted molar refractivity (Wildman–Crippen MR) is 80.3 cm³/mol. The first-order chi connectivity index (χ1) is 10.4. The van der Waals surface area contributed by atoms with Crippen LogP contribution < -0.4 is 4.90 Å². The van der Waals surface area contributed by atoms with Crippen molar-refractivity contribution in [2.75, 3.05) is 31.1 Å². The third-order valence-corrected chi connectivity index (χ3v) is 6.00. The van der Waals surface area contributed by atoms with Crippen LogP contribution in [0.3, 0.4) is 0 Å². The summed E-state index contributed by atoms with van der Waals surface area (Å²) in [6.45, 7) is 7.26. The van der Waals surface area contributed by atoms with Crippen molar-refractivity contribution in [3.8, 4) is 0 Å². The average Bonchev–Trinajstić information content (AvgIpc) is 3.05. The van der Waals surface area contributed by atoms with Crippen molar-refractivity contribution in [1.82, 2.24) is 19.7 Å². The number of aryl methyl sites for hydroxylation is 3. The summed E-state index contributed by atoms with van der Waals surface area (Å²) in [5.74, 6) is 1.50. The molecule has 9 heteroatoms. The summed E-state index contributed by atoms with van der Waals surface area (Å²) >= 11 is 0. The fraction of sp³-hybridized carbons (Fsp3) is 0.538. The molecule has 0 atom stereocenters. The zero-order chi connectivity index (χ0) is 15.9. The van der Waals surface area contributed by atoms with Crippen LogP contribution in [-0.4, -0.2) is 54.3 Å². The largest absolute Gasteiger partial charge is 0.360 e. The first kappa shape index (κ1) is 15.0. The Hall–Kier alpha value is -1.87. The molecule has 1 fully saturated rings. The summed E-state index contributed by atoms with van der Waals surface area (Å²) < 4.78 is 32.1. The van der Waals surface area contributed by atoms with Crippen LogP contribution in [0.25, 0.3) is 0 Å². The van der Waals surface area contributed by atoms with Gasteiger partial charge in [0, 0.05) is 32.2 Å². The second-order valence-corrected chi connectivity index (χ2v) is 7.32. The van der Waals surface area contributed by atoms with Gasteiger partial charge in [0.05, 0.1) is 11.4 Å². The van der Waals surface area contributed by atoms with Crippen molar-refractivity contribution < 1.29 is 12.9 Å². The zero-order valence-corrected chi connectivity index (χ0v) is 13.6. The van der Waals surface area contributed by atoms with Crippen LogP contribution in [-0.2, 0) is 10.0 Å². The van der Waals surface area contributed by atoms with Crippen LogP contribution in [0.1, 0.15) is 17.1 Å². The van der Waals surface area contributed by atoms with Crippen molar-refractivity contribution in [3.63, 3.8) is 0 Å². The number of piperazine rings is 1. The van der Waals surface area contributed by atoms with Crippen LogP contribution in [0.15, 0.2) is 15.5 Å². The molecule has 0 amide bonds. The Morgan fingerprint density at radius 1 is 1.18 bits per heavy atom. The average molecular weight is 325 g/mol. The molecule has 120 valence electrons. The molecular formula is C13H19N5O3S. The Kier molecular flexibility index (Phi) is 3.69. The molecule has 1 N–H and O–H groups in total. The molecule has 22 heavy (non-hydrogen) atoms. The maximum atomic E-state index is 12.8. The molecule has 0 radical (unpaired) electrons. The summed E-state index contributed by atoms with van der Waals surface area (Å²) in [5, 5.41) is 10.7. The van der Waals surface area contributed by atoms with E-state index >= 15 is 0 Å². The lowest BCUT2D eigenvalue weighted by Gasteiger charge is -2.33. The van der Waals surface area contributed by atoms with E-state index in [2.05, 4.69) is 15.4 Å². The number of anilines is 1. The van der Waals surface area contributed by atoms with E-state index in [-0.39, 0.29) is 0 Å². The topological polar surface area (TPSA) is 95.3 Å². The Bertz CT molecular complexity index is 752. The smallest absolute Gasteiger partial charge is 0.246 e. The molecule has 0 unspecified atom stereocenters. The molecule has 0 spiro atoms. The summed E-state index contributed by atoms with van der Waals surface area (Å²) in [6.07, 6.45) is 0. The lowest BCUT2D eigenvalue weighted by Crippen LogP contribution is -2.49. The highest BCUT2D eigenvalue weighted by molar-refractivity contribution is 7.89. The minimum absolute atomic E-state index is 0.290. The number of sulfonamides is 1. The number of aromatic nitrogens is 3. The van der Waals surface area contributed by atoms with Gasteiger partial charge in [-0.05, 0) is 20.8 Å². The highest BCUT2D eigenvalue weighted by Crippen LogP contribution is 2.24. The highest BCUT2D eigenvalue weighted by atomic mass is 32.2. The van der Waals surface area contributed by atoms with Crippen LogP contribution in [0.5, 0.6) is 0 Å². The fourth-order valence-corrected chi connectivity index (χ4v) is 4.46. The first-order valence-corrected chi connectivity index (χ1v) is 8.53. The lowest BCUT2D eigenvalue weighted by atomic mass is 10.3. The first-order valence-electron chi connectivity index (χ1n) is 7.09. The molecule has 0 aromatic carbocycles. The Labute approximate surface area is 129 Å². The van der Waals surface area contributed by atoms with E-state index in [9.17, 15) is 8.42 Å². The minimum Gasteiger partial charge on any atom is -0.360 e. The quantitative estimate of drug-likeness (QED) is 0.898. The standard InChI is InChI=1S/C13H19N5O3S/c1-9-8-12(16-21-9)17-4-6-18(7-5-17)22(19,20)13-10(2)14-15-11(13)3/h8H,4-7H2,1-3H3,(H,14,15). The number of nitrogens with one attached hydrogen (secondary N) is 1. The molecule has 3 rings (SSSR count). The van der Waals surface area contributed by atoms with Gasteiger partial charge >= 0.3 is 0 Å². The molecule has 0 saturated carbocycles. The molecule has 3 heterocycles. The number of hydrogen-bond donors (Lipinski definition) is 1. The van der Waals surface area contributed by atoms with E-state index in [1.54, 1.807) is 13.8 Å². The van der Waals surface area contributed by atoms with Crippen molar-refractivity contribution >= 4 is 15.8 Å². The third-order valence-electron chi connectivity index (χ3n) is 3.84. The number of hydrogen-bond acceptors (Lipinski definition) is 6. The number of nitrogens with zero attached hydrogens (tertiary/aromatic N) is 4. The van der Waals surface area contributed by atoms with E-state index < -0.39 is 10.0 Å². The Morgan fingerprint density at radius 3 is 2.36 bits per heavy atom. The molecular weight excluding hydrogens is 306 g/mol. The van der Waals surface area contributed by atoms with Gasteiger partial charge in [-0.15, -0.1) is 0 Å². The van der Waals surface area contributed by atoms with Gasteiger partial charge in [-0.2, -0.15) is 9.40 Å². The molecule has 1 aliphatic rings. The Morgan fingerprint density at radius 2 is 1.86 bits per heavy atom. The van der Waals surface area contributed by atoms with E-state index in [0.29, 0.717) is 42.5 Å². The molecule has 0 bridgehead atoms. The summed E-state index contributed by atoms with van der Waals surface area (Å²) in [4.78, 5) is 2.32. The van der Waals surface area contributed by atoms with Gasteiger partial charge in [-0.3, -0.25) is 5.10 Å². The minimum atomic E-state index is -3.51. The molecule has 2 aromatic rings. The molecule has 8 nitrogen and oxygen atoms in total. The molecule has 1 saturated heterocycles. The van der Waals surface area contributed by atoms with Gasteiger partial charge in [0.25, 0.3) is 0 Å². The number of H-pyrrole nitrogens is 1. The normalized spacial score (nSPS) is 17.1. The SMILES string of the molecule is Cc1cc(N2CCN(S(=O)(=O)c3c(C)n[nH]c3C)CC2)no1. The molecule has 2 aromatic heterocycles. The summed E-state index contributed by atoms with van der Waals surface area (Å²) in [5.41, 5.74) is 1.08. The summed E-state index contributed by atoms with van der Waals surface area (Å²) in [7, 11) is -3.51. The van der Waals surface area contributed by atoms with Gasteiger partial charge in [0.2, 0.25) is 10.0 Å². The van der Waals surface area contributed by atoms with Crippen LogP contribution in [0, 0.1) is 20.8 Å². The van der Waals surface area contributed by atoms with Crippen molar-refractivity contribution in [3.05, 3.63) is 23.2 Å². The van der Waals surface area contributed by atoms with Crippen molar-refractivity contribution in [2.45, 2.75) is 25.7 Å². The van der Waals surface area contributed by atoms with Gasteiger partial charge in [-0.1, -0.05) is 5.16 Å². The van der Waals surface area contributed by atoms with E-state index in [1.807, 2.05) is 17.9 Å². The Balaban J connectivity index is 1.76. The highest BCUT2D eigenvalue weighted by Gasteiger charge is 2.32. The maximum absolute atomic E-state index is 12.8.